The van der Waals surface area contributed by atoms with Crippen molar-refractivity contribution in [1.29, 1.82) is 0 Å². The van der Waals surface area contributed by atoms with Crippen molar-refractivity contribution in [2.75, 3.05) is 29.0 Å². The van der Waals surface area contributed by atoms with Gasteiger partial charge in [-0.3, -0.25) is 9.52 Å². The predicted octanol–water partition coefficient (Wildman–Crippen LogP) is 4.51. The van der Waals surface area contributed by atoms with Crippen LogP contribution in [0.2, 0.25) is 0 Å². The molecule has 214 valence electrons. The number of carboxylic acids is 1. The number of hydrogen-bond donors (Lipinski definition) is 2. The van der Waals surface area contributed by atoms with E-state index in [9.17, 15) is 36.3 Å². The minimum atomic E-state index is -4.64. The maximum Gasteiger partial charge on any atom is 0.416 e. The van der Waals surface area contributed by atoms with Crippen LogP contribution in [0.25, 0.3) is 0 Å². The van der Waals surface area contributed by atoms with E-state index in [0.29, 0.717) is 44.5 Å². The van der Waals surface area contributed by atoms with Gasteiger partial charge in [0.05, 0.1) is 23.2 Å². The molecule has 0 radical (unpaired) electrons. The Bertz CT molecular complexity index is 1290. The van der Waals surface area contributed by atoms with Gasteiger partial charge in [-0.25, -0.2) is 13.2 Å². The SMILES string of the molecule is CC1C=CC=CC1(C)[C@H]1CC[C@@H](C(=O)O)N1C(=O)C1CCN(c2ccc(C(F)(F)F)cc2NS(C)(=O)=O)CC1. The number of allylic oxidation sites excluding steroid dienone is 3. The average molecular weight is 570 g/mol. The number of hydrogen-bond acceptors (Lipinski definition) is 5. The van der Waals surface area contributed by atoms with Crippen molar-refractivity contribution < 1.29 is 36.3 Å². The first kappa shape index (κ1) is 29.0. The molecule has 0 bridgehead atoms. The number of aliphatic carboxylic acids is 1. The molecule has 3 aliphatic rings. The van der Waals surface area contributed by atoms with Gasteiger partial charge in [0.2, 0.25) is 15.9 Å². The molecule has 1 aromatic rings. The highest BCUT2D eigenvalue weighted by atomic mass is 32.2. The van der Waals surface area contributed by atoms with Crippen LogP contribution in [-0.2, 0) is 25.8 Å². The Hall–Kier alpha value is -3.02. The number of sulfonamides is 1. The summed E-state index contributed by atoms with van der Waals surface area (Å²) in [6.45, 7) is 4.71. The van der Waals surface area contributed by atoms with E-state index in [4.69, 9.17) is 0 Å². The number of carbonyl (C=O) groups is 2. The van der Waals surface area contributed by atoms with Crippen molar-refractivity contribution in [3.63, 3.8) is 0 Å². The first-order valence-electron chi connectivity index (χ1n) is 13.0. The van der Waals surface area contributed by atoms with Gasteiger partial charge in [0.1, 0.15) is 6.04 Å². The van der Waals surface area contributed by atoms with Crippen LogP contribution in [-0.4, -0.2) is 61.7 Å². The average Bonchev–Trinajstić information content (AvgIpc) is 3.30. The Morgan fingerprint density at radius 3 is 2.33 bits per heavy atom. The summed E-state index contributed by atoms with van der Waals surface area (Å²) in [6.07, 6.45) is 5.88. The minimum Gasteiger partial charge on any atom is -0.480 e. The minimum absolute atomic E-state index is 0.109. The zero-order valence-corrected chi connectivity index (χ0v) is 22.9. The molecule has 2 aliphatic heterocycles. The largest absolute Gasteiger partial charge is 0.480 e. The second-order valence-corrected chi connectivity index (χ2v) is 12.7. The maximum absolute atomic E-state index is 13.9. The van der Waals surface area contributed by atoms with Crippen LogP contribution in [0.5, 0.6) is 0 Å². The van der Waals surface area contributed by atoms with Crippen molar-refractivity contribution in [2.24, 2.45) is 17.3 Å². The van der Waals surface area contributed by atoms with E-state index in [1.807, 2.05) is 12.2 Å². The molecular weight excluding hydrogens is 535 g/mol. The normalized spacial score (nSPS) is 28.1. The summed E-state index contributed by atoms with van der Waals surface area (Å²) in [6, 6.07) is 1.72. The Kier molecular flexibility index (Phi) is 7.81. The van der Waals surface area contributed by atoms with Gasteiger partial charge in [0.25, 0.3) is 0 Å². The molecule has 0 spiro atoms. The van der Waals surface area contributed by atoms with E-state index < -0.39 is 45.1 Å². The zero-order valence-electron chi connectivity index (χ0n) is 22.1. The second kappa shape index (κ2) is 10.5. The van der Waals surface area contributed by atoms with Crippen molar-refractivity contribution in [1.82, 2.24) is 4.90 Å². The van der Waals surface area contributed by atoms with Gasteiger partial charge in [-0.05, 0) is 49.8 Å². The molecule has 8 nitrogen and oxygen atoms in total. The topological polar surface area (TPSA) is 107 Å². The van der Waals surface area contributed by atoms with Gasteiger partial charge >= 0.3 is 12.1 Å². The van der Waals surface area contributed by atoms with Crippen molar-refractivity contribution in [2.45, 2.75) is 57.8 Å². The van der Waals surface area contributed by atoms with E-state index in [0.717, 1.165) is 18.4 Å². The van der Waals surface area contributed by atoms with Gasteiger partial charge in [-0.15, -0.1) is 0 Å². The first-order valence-corrected chi connectivity index (χ1v) is 14.9. The number of anilines is 2. The molecule has 4 rings (SSSR count). The van der Waals surface area contributed by atoms with Crippen LogP contribution in [0.1, 0.15) is 45.1 Å². The van der Waals surface area contributed by atoms with E-state index in [1.165, 1.54) is 6.07 Å². The Morgan fingerprint density at radius 2 is 1.77 bits per heavy atom. The molecule has 1 amide bonds. The number of halogens is 3. The van der Waals surface area contributed by atoms with Crippen molar-refractivity contribution in [3.8, 4) is 0 Å². The monoisotopic (exact) mass is 569 g/mol. The van der Waals surface area contributed by atoms with Gasteiger partial charge in [-0.2, -0.15) is 13.2 Å². The molecule has 2 N–H and O–H groups in total. The summed E-state index contributed by atoms with van der Waals surface area (Å²) in [4.78, 5) is 29.3. The second-order valence-electron chi connectivity index (χ2n) is 11.0. The third kappa shape index (κ3) is 5.95. The predicted molar refractivity (Wildman–Crippen MR) is 142 cm³/mol. The summed E-state index contributed by atoms with van der Waals surface area (Å²) < 4.78 is 65.8. The van der Waals surface area contributed by atoms with Crippen molar-refractivity contribution >= 4 is 33.3 Å². The number of rotatable bonds is 6. The number of piperidine rings is 1. The van der Waals surface area contributed by atoms with Gasteiger partial charge in [0, 0.05) is 30.5 Å². The lowest BCUT2D eigenvalue weighted by Crippen LogP contribution is -2.55. The van der Waals surface area contributed by atoms with Gasteiger partial charge in [0.15, 0.2) is 0 Å². The summed E-state index contributed by atoms with van der Waals surface area (Å²) in [5.41, 5.74) is -1.28. The lowest BCUT2D eigenvalue weighted by atomic mass is 9.69. The summed E-state index contributed by atoms with van der Waals surface area (Å²) in [5, 5.41) is 9.92. The van der Waals surface area contributed by atoms with Crippen molar-refractivity contribution in [3.05, 3.63) is 48.1 Å². The number of nitrogens with one attached hydrogen (secondary N) is 1. The molecule has 1 aliphatic carbocycles. The molecule has 39 heavy (non-hydrogen) atoms. The fourth-order valence-electron chi connectivity index (χ4n) is 6.09. The van der Waals surface area contributed by atoms with E-state index in [1.54, 1.807) is 9.80 Å². The lowest BCUT2D eigenvalue weighted by Gasteiger charge is -2.45. The van der Waals surface area contributed by atoms with E-state index >= 15 is 0 Å². The zero-order chi connectivity index (χ0) is 28.8. The number of carboxylic acid groups (broad SMARTS) is 1. The van der Waals surface area contributed by atoms with Crippen LogP contribution >= 0.6 is 0 Å². The highest BCUT2D eigenvalue weighted by Gasteiger charge is 2.51. The van der Waals surface area contributed by atoms with Crippen LogP contribution in [0.4, 0.5) is 24.5 Å². The van der Waals surface area contributed by atoms with Crippen LogP contribution in [0.3, 0.4) is 0 Å². The molecule has 0 saturated carbocycles. The number of likely N-dealkylation sites (tertiary alicyclic amines) is 1. The summed E-state index contributed by atoms with van der Waals surface area (Å²) >= 11 is 0. The molecule has 2 unspecified atom stereocenters. The van der Waals surface area contributed by atoms with E-state index in [-0.39, 0.29) is 23.6 Å². The van der Waals surface area contributed by atoms with E-state index in [2.05, 4.69) is 30.7 Å². The Morgan fingerprint density at radius 1 is 1.10 bits per heavy atom. The molecule has 2 fully saturated rings. The highest BCUT2D eigenvalue weighted by molar-refractivity contribution is 7.92. The third-order valence-electron chi connectivity index (χ3n) is 8.39. The van der Waals surface area contributed by atoms with Crippen LogP contribution < -0.4 is 9.62 Å². The molecule has 2 heterocycles. The lowest BCUT2D eigenvalue weighted by molar-refractivity contribution is -0.153. The van der Waals surface area contributed by atoms with Crippen LogP contribution in [0, 0.1) is 17.3 Å². The molecule has 1 aromatic carbocycles. The number of nitrogens with zero attached hydrogens (tertiary/aromatic N) is 2. The summed E-state index contributed by atoms with van der Waals surface area (Å²) in [5.74, 6) is -1.59. The number of benzene rings is 1. The maximum atomic E-state index is 13.9. The molecule has 4 atom stereocenters. The summed E-state index contributed by atoms with van der Waals surface area (Å²) in [7, 11) is -3.85. The smallest absolute Gasteiger partial charge is 0.416 e. The Balaban J connectivity index is 1.55. The molecule has 2 saturated heterocycles. The number of amides is 1. The van der Waals surface area contributed by atoms with Gasteiger partial charge < -0.3 is 14.9 Å². The number of carbonyl (C=O) groups excluding carboxylic acids is 1. The molecule has 12 heteroatoms. The Labute approximate surface area is 226 Å². The van der Waals surface area contributed by atoms with Gasteiger partial charge in [-0.1, -0.05) is 38.2 Å². The standard InChI is InChI=1S/C27H34F3N3O5S/c1-17-6-4-5-13-26(17,2)23-10-9-22(25(35)36)33(23)24(34)18-11-14-32(15-12-18)21-8-7-19(27(28,29)30)16-20(21)31-39(3,37)38/h4-8,13,16-18,22-23,31H,9-12,14-15H2,1-3H3,(H,35,36)/t17?,22-,23+,26?/m0/s1. The highest BCUT2D eigenvalue weighted by Crippen LogP contribution is 2.46. The van der Waals surface area contributed by atoms with Crippen LogP contribution in [0.15, 0.2) is 42.5 Å². The quantitative estimate of drug-likeness (QED) is 0.522. The molecular formula is C27H34F3N3O5S. The fourth-order valence-corrected chi connectivity index (χ4v) is 6.65. The first-order chi connectivity index (χ1) is 18.1. The fraction of sp³-hybridized carbons (Fsp3) is 0.556. The third-order valence-corrected chi connectivity index (χ3v) is 8.98. The molecule has 0 aromatic heterocycles. The number of alkyl halides is 3.